The van der Waals surface area contributed by atoms with Crippen LogP contribution in [0.4, 0.5) is 0 Å². The lowest BCUT2D eigenvalue weighted by atomic mass is 10.1. The fraction of sp³-hybridized carbons (Fsp3) is 0.300. The molecule has 26 heavy (non-hydrogen) atoms. The van der Waals surface area contributed by atoms with Gasteiger partial charge in [0.1, 0.15) is 24.2 Å². The van der Waals surface area contributed by atoms with E-state index in [-0.39, 0.29) is 25.0 Å². The van der Waals surface area contributed by atoms with Crippen LogP contribution >= 0.6 is 0 Å². The molecule has 0 amide bonds. The van der Waals surface area contributed by atoms with Crippen molar-refractivity contribution in [1.82, 2.24) is 10.3 Å². The van der Waals surface area contributed by atoms with Gasteiger partial charge in [-0.05, 0) is 42.3 Å². The Morgan fingerprint density at radius 1 is 1.08 bits per heavy atom. The molecule has 0 aliphatic rings. The number of aromatic hydroxyl groups is 1. The summed E-state index contributed by atoms with van der Waals surface area (Å²) < 4.78 is 5.74. The molecule has 5 N–H and O–H groups in total. The largest absolute Gasteiger partial charge is 0.508 e. The summed E-state index contributed by atoms with van der Waals surface area (Å²) in [4.78, 5) is 3.12. The lowest BCUT2D eigenvalue weighted by molar-refractivity contribution is 0.100. The first-order valence-electron chi connectivity index (χ1n) is 8.65. The van der Waals surface area contributed by atoms with Crippen LogP contribution in [0, 0.1) is 0 Å². The number of aromatic nitrogens is 1. The summed E-state index contributed by atoms with van der Waals surface area (Å²) in [5.74, 6) is 0.942. The van der Waals surface area contributed by atoms with Crippen molar-refractivity contribution in [3.8, 4) is 11.5 Å². The number of hydrogen-bond acceptors (Lipinski definition) is 5. The lowest BCUT2D eigenvalue weighted by Gasteiger charge is -2.19. The highest BCUT2D eigenvalue weighted by Crippen LogP contribution is 2.24. The Balaban J connectivity index is 1.47. The third-order valence-electron chi connectivity index (χ3n) is 4.27. The number of phenolic OH excluding ortho intramolecular Hbond substituents is 1. The number of benzene rings is 2. The van der Waals surface area contributed by atoms with Crippen LogP contribution < -0.4 is 10.1 Å². The molecule has 3 aromatic rings. The summed E-state index contributed by atoms with van der Waals surface area (Å²) in [6.45, 7) is 0.429. The summed E-state index contributed by atoms with van der Waals surface area (Å²) in [6, 6.07) is 14.4. The maximum Gasteiger partial charge on any atom is 0.128 e. The van der Waals surface area contributed by atoms with Crippen LogP contribution in [0.5, 0.6) is 11.5 Å². The van der Waals surface area contributed by atoms with Crippen molar-refractivity contribution in [2.75, 3.05) is 19.8 Å². The van der Waals surface area contributed by atoms with Crippen LogP contribution in [0.1, 0.15) is 5.56 Å². The molecule has 0 bridgehead atoms. The molecule has 0 aliphatic heterocycles. The van der Waals surface area contributed by atoms with Gasteiger partial charge in [0, 0.05) is 29.7 Å². The van der Waals surface area contributed by atoms with Gasteiger partial charge in [-0.2, -0.15) is 0 Å². The summed E-state index contributed by atoms with van der Waals surface area (Å²) in [7, 11) is 0. The number of rotatable bonds is 9. The zero-order valence-electron chi connectivity index (χ0n) is 14.4. The predicted molar refractivity (Wildman–Crippen MR) is 100 cm³/mol. The second-order valence-electron chi connectivity index (χ2n) is 6.32. The molecule has 0 saturated heterocycles. The molecule has 0 aliphatic carbocycles. The third-order valence-corrected chi connectivity index (χ3v) is 4.27. The maximum absolute atomic E-state index is 10.2. The van der Waals surface area contributed by atoms with Crippen LogP contribution in [-0.2, 0) is 6.42 Å². The molecular formula is C20H24N2O4. The normalized spacial score (nSPS) is 13.6. The standard InChI is InChI=1S/C20H24N2O4/c23-12-15(10-14-4-6-16(24)7-5-14)22-11-17(25)13-26-20-3-1-2-19-18(20)8-9-21-19/h1-9,15,17,21-25H,10-13H2/t15-,17-/m0/s1. The highest BCUT2D eigenvalue weighted by molar-refractivity contribution is 5.85. The molecule has 2 aromatic carbocycles. The van der Waals surface area contributed by atoms with Crippen LogP contribution in [0.25, 0.3) is 10.9 Å². The Kier molecular flexibility index (Phi) is 6.12. The molecule has 6 nitrogen and oxygen atoms in total. The number of nitrogens with one attached hydrogen (secondary N) is 2. The predicted octanol–water partition coefficient (Wildman–Crippen LogP) is 1.81. The van der Waals surface area contributed by atoms with Gasteiger partial charge < -0.3 is 30.4 Å². The van der Waals surface area contributed by atoms with Crippen molar-refractivity contribution in [1.29, 1.82) is 0 Å². The summed E-state index contributed by atoms with van der Waals surface area (Å²) >= 11 is 0. The summed E-state index contributed by atoms with van der Waals surface area (Å²) in [5.41, 5.74) is 1.99. The molecule has 0 unspecified atom stereocenters. The molecule has 0 fully saturated rings. The zero-order chi connectivity index (χ0) is 18.4. The molecule has 138 valence electrons. The third kappa shape index (κ3) is 4.76. The van der Waals surface area contributed by atoms with E-state index in [0.29, 0.717) is 13.0 Å². The van der Waals surface area contributed by atoms with Gasteiger partial charge in [0.15, 0.2) is 0 Å². The molecule has 2 atom stereocenters. The van der Waals surface area contributed by atoms with Crippen molar-refractivity contribution in [2.45, 2.75) is 18.6 Å². The number of hydrogen-bond donors (Lipinski definition) is 5. The van der Waals surface area contributed by atoms with E-state index in [0.717, 1.165) is 22.2 Å². The number of H-pyrrole nitrogens is 1. The SMILES string of the molecule is OC[C@H](Cc1ccc(O)cc1)NC[C@H](O)COc1cccc2[nH]ccc12. The molecule has 0 saturated carbocycles. The van der Waals surface area contributed by atoms with Gasteiger partial charge >= 0.3 is 0 Å². The minimum absolute atomic E-state index is 0.0445. The van der Waals surface area contributed by atoms with Crippen molar-refractivity contribution in [3.05, 3.63) is 60.3 Å². The maximum atomic E-state index is 10.2. The van der Waals surface area contributed by atoms with E-state index in [2.05, 4.69) is 10.3 Å². The minimum atomic E-state index is -0.696. The molecular weight excluding hydrogens is 332 g/mol. The Labute approximate surface area is 152 Å². The van der Waals surface area contributed by atoms with Crippen LogP contribution in [0.15, 0.2) is 54.7 Å². The van der Waals surface area contributed by atoms with Gasteiger partial charge in [-0.25, -0.2) is 0 Å². The van der Waals surface area contributed by atoms with Crippen molar-refractivity contribution < 1.29 is 20.1 Å². The number of fused-ring (bicyclic) bond motifs is 1. The summed E-state index contributed by atoms with van der Waals surface area (Å²) in [5, 5.41) is 33.1. The first-order valence-corrected chi connectivity index (χ1v) is 8.65. The van der Waals surface area contributed by atoms with Gasteiger partial charge in [0.05, 0.1) is 6.61 Å². The highest BCUT2D eigenvalue weighted by atomic mass is 16.5. The second kappa shape index (κ2) is 8.71. The molecule has 6 heteroatoms. The van der Waals surface area contributed by atoms with Gasteiger partial charge in [-0.3, -0.25) is 0 Å². The molecule has 0 spiro atoms. The second-order valence-corrected chi connectivity index (χ2v) is 6.32. The van der Waals surface area contributed by atoms with E-state index in [1.165, 1.54) is 0 Å². The topological polar surface area (TPSA) is 97.7 Å². The molecule has 1 aromatic heterocycles. The summed E-state index contributed by atoms with van der Waals surface area (Å²) in [6.07, 6.45) is 1.76. The van der Waals surface area contributed by atoms with Crippen LogP contribution in [0.3, 0.4) is 0 Å². The average molecular weight is 356 g/mol. The molecule has 1 heterocycles. The highest BCUT2D eigenvalue weighted by Gasteiger charge is 2.12. The monoisotopic (exact) mass is 356 g/mol. The molecule has 0 radical (unpaired) electrons. The van der Waals surface area contributed by atoms with E-state index in [4.69, 9.17) is 4.74 Å². The fourth-order valence-corrected chi connectivity index (χ4v) is 2.85. The smallest absolute Gasteiger partial charge is 0.128 e. The minimum Gasteiger partial charge on any atom is -0.508 e. The van der Waals surface area contributed by atoms with E-state index < -0.39 is 6.10 Å². The number of aromatic amines is 1. The Bertz CT molecular complexity index is 816. The van der Waals surface area contributed by atoms with Gasteiger partial charge in [-0.1, -0.05) is 18.2 Å². The van der Waals surface area contributed by atoms with E-state index in [1.54, 1.807) is 12.1 Å². The van der Waals surface area contributed by atoms with Crippen molar-refractivity contribution in [2.24, 2.45) is 0 Å². The van der Waals surface area contributed by atoms with Crippen molar-refractivity contribution in [3.63, 3.8) is 0 Å². The number of phenols is 1. The Hall–Kier alpha value is -2.54. The van der Waals surface area contributed by atoms with Crippen LogP contribution in [0.2, 0.25) is 0 Å². The quantitative estimate of drug-likeness (QED) is 0.403. The first-order chi connectivity index (χ1) is 12.7. The number of aliphatic hydroxyl groups excluding tert-OH is 2. The van der Waals surface area contributed by atoms with E-state index in [9.17, 15) is 15.3 Å². The number of ether oxygens (including phenoxy) is 1. The van der Waals surface area contributed by atoms with Gasteiger partial charge in [0.25, 0.3) is 0 Å². The van der Waals surface area contributed by atoms with Crippen molar-refractivity contribution >= 4 is 10.9 Å². The fourth-order valence-electron chi connectivity index (χ4n) is 2.85. The van der Waals surface area contributed by atoms with E-state index >= 15 is 0 Å². The lowest BCUT2D eigenvalue weighted by Crippen LogP contribution is -2.41. The first kappa shape index (κ1) is 18.3. The van der Waals surface area contributed by atoms with E-state index in [1.807, 2.05) is 42.6 Å². The average Bonchev–Trinajstić information content (AvgIpc) is 3.14. The Morgan fingerprint density at radius 2 is 1.88 bits per heavy atom. The Morgan fingerprint density at radius 3 is 2.65 bits per heavy atom. The van der Waals surface area contributed by atoms with Gasteiger partial charge in [-0.15, -0.1) is 0 Å². The molecule has 3 rings (SSSR count). The van der Waals surface area contributed by atoms with Gasteiger partial charge in [0.2, 0.25) is 0 Å². The number of aliphatic hydroxyl groups is 2. The zero-order valence-corrected chi connectivity index (χ0v) is 14.4. The van der Waals surface area contributed by atoms with Crippen LogP contribution in [-0.4, -0.2) is 52.2 Å².